The van der Waals surface area contributed by atoms with Crippen molar-refractivity contribution in [2.45, 2.75) is 50.1 Å². The first-order chi connectivity index (χ1) is 14.0. The monoisotopic (exact) mass is 450 g/mol. The molecule has 2 aromatic rings. The van der Waals surface area contributed by atoms with E-state index in [0.29, 0.717) is 27.4 Å². The highest BCUT2D eigenvalue weighted by atomic mass is 35.5. The lowest BCUT2D eigenvalue weighted by molar-refractivity contribution is -0.384. The summed E-state index contributed by atoms with van der Waals surface area (Å²) in [5, 5.41) is 14.6. The highest BCUT2D eigenvalue weighted by molar-refractivity contribution is 7.99. The molecule has 1 aromatic heterocycles. The molecule has 4 fully saturated rings. The highest BCUT2D eigenvalue weighted by Crippen LogP contribution is 2.61. The lowest BCUT2D eigenvalue weighted by Gasteiger charge is -2.57. The number of amides is 1. The number of fused-ring (bicyclic) bond motifs is 1. The first-order valence-electron chi connectivity index (χ1n) is 10.5. The number of rotatable bonds is 7. The van der Waals surface area contributed by atoms with Crippen LogP contribution in [0.4, 0.5) is 5.69 Å². The molecule has 4 aliphatic rings. The Balaban J connectivity index is 0.00000218. The minimum absolute atomic E-state index is 0. The Bertz CT molecular complexity index is 928. The number of nitrogens with one attached hydrogen (secondary N) is 2. The quantitative estimate of drug-likeness (QED) is 0.361. The van der Waals surface area contributed by atoms with E-state index in [-0.39, 0.29) is 24.0 Å². The number of hydrogen-bond acceptors (Lipinski definition) is 5. The van der Waals surface area contributed by atoms with Crippen molar-refractivity contribution in [2.75, 3.05) is 12.3 Å². The zero-order valence-electron chi connectivity index (χ0n) is 16.8. The zero-order chi connectivity index (χ0) is 20.0. The number of carbonyl (C=O) groups is 1. The summed E-state index contributed by atoms with van der Waals surface area (Å²) in [6, 6.07) is 4.53. The minimum Gasteiger partial charge on any atom is -0.355 e. The van der Waals surface area contributed by atoms with Gasteiger partial charge in [-0.15, -0.1) is 12.4 Å². The molecule has 7 nitrogen and oxygen atoms in total. The molecule has 6 rings (SSSR count). The van der Waals surface area contributed by atoms with E-state index in [1.54, 1.807) is 6.07 Å². The lowest BCUT2D eigenvalue weighted by atomic mass is 9.49. The number of nitrogens with zero attached hydrogens (tertiary/aromatic N) is 2. The molecular weight excluding hydrogens is 424 g/mol. The van der Waals surface area contributed by atoms with Gasteiger partial charge in [-0.3, -0.25) is 14.9 Å². The number of hydrogen-bond donors (Lipinski definition) is 2. The molecule has 0 saturated heterocycles. The Morgan fingerprint density at radius 2 is 1.90 bits per heavy atom. The topological polar surface area (TPSA) is 101 Å². The second-order valence-electron chi connectivity index (χ2n) is 9.31. The number of halogens is 1. The maximum absolute atomic E-state index is 12.3. The molecule has 4 bridgehead atoms. The fourth-order valence-corrected chi connectivity index (χ4v) is 7.12. The van der Waals surface area contributed by atoms with Crippen LogP contribution >= 0.6 is 24.2 Å². The summed E-state index contributed by atoms with van der Waals surface area (Å²) < 4.78 is 0. The van der Waals surface area contributed by atoms with Crippen LogP contribution in [0.15, 0.2) is 23.4 Å². The largest absolute Gasteiger partial charge is 0.355 e. The Kier molecular flexibility index (Phi) is 5.99. The zero-order valence-corrected chi connectivity index (χ0v) is 18.4. The second-order valence-corrected chi connectivity index (χ2v) is 10.3. The van der Waals surface area contributed by atoms with Crippen LogP contribution in [0.3, 0.4) is 0 Å². The second kappa shape index (κ2) is 8.38. The number of imidazole rings is 1. The van der Waals surface area contributed by atoms with Crippen molar-refractivity contribution < 1.29 is 9.72 Å². The number of nitro benzene ring substituents is 1. The average molecular weight is 451 g/mol. The number of non-ortho nitro benzene ring substituents is 1. The van der Waals surface area contributed by atoms with Gasteiger partial charge in [0.1, 0.15) is 0 Å². The van der Waals surface area contributed by atoms with Crippen molar-refractivity contribution in [3.8, 4) is 0 Å². The number of H-pyrrole nitrogens is 1. The number of thioether (sulfide) groups is 1. The summed E-state index contributed by atoms with van der Waals surface area (Å²) in [5.74, 6) is 3.14. The van der Waals surface area contributed by atoms with Gasteiger partial charge in [-0.25, -0.2) is 4.98 Å². The summed E-state index contributed by atoms with van der Waals surface area (Å²) in [4.78, 5) is 30.2. The van der Waals surface area contributed by atoms with E-state index in [4.69, 9.17) is 0 Å². The molecule has 0 aliphatic heterocycles. The van der Waals surface area contributed by atoms with Gasteiger partial charge >= 0.3 is 0 Å². The first-order valence-corrected chi connectivity index (χ1v) is 11.5. The van der Waals surface area contributed by atoms with Crippen LogP contribution < -0.4 is 5.32 Å². The molecule has 0 radical (unpaired) electrons. The first kappa shape index (κ1) is 21.4. The van der Waals surface area contributed by atoms with Crippen LogP contribution in [0, 0.1) is 33.3 Å². The van der Waals surface area contributed by atoms with E-state index in [2.05, 4.69) is 15.3 Å². The van der Waals surface area contributed by atoms with Gasteiger partial charge < -0.3 is 10.3 Å². The van der Waals surface area contributed by atoms with E-state index in [9.17, 15) is 14.9 Å². The Morgan fingerprint density at radius 1 is 1.23 bits per heavy atom. The minimum atomic E-state index is -0.426. The molecule has 2 N–H and O–H groups in total. The van der Waals surface area contributed by atoms with E-state index < -0.39 is 4.92 Å². The van der Waals surface area contributed by atoms with Crippen molar-refractivity contribution in [2.24, 2.45) is 23.2 Å². The van der Waals surface area contributed by atoms with Crippen molar-refractivity contribution >= 4 is 46.8 Å². The summed E-state index contributed by atoms with van der Waals surface area (Å²) in [5.41, 5.74) is 1.80. The maximum Gasteiger partial charge on any atom is 0.271 e. The van der Waals surface area contributed by atoms with Gasteiger partial charge in [0.25, 0.3) is 5.69 Å². The van der Waals surface area contributed by atoms with Crippen molar-refractivity contribution in [1.29, 1.82) is 0 Å². The summed E-state index contributed by atoms with van der Waals surface area (Å²) in [6.45, 7) is 0.762. The van der Waals surface area contributed by atoms with Crippen LogP contribution in [0.1, 0.15) is 44.9 Å². The standard InChI is InChI=1S/C21H26N4O3S.ClH/c26-19(12-29-20-23-17-2-1-16(25(27)28)8-18(17)24-20)22-4-3-21-9-13-5-14(10-21)7-15(6-13)11-21;/h1-2,8,13-15H,3-7,9-12H2,(H,22,26)(H,23,24);1H. The molecule has 1 amide bonds. The van der Waals surface area contributed by atoms with Gasteiger partial charge in [0.2, 0.25) is 5.91 Å². The molecule has 0 atom stereocenters. The SMILES string of the molecule is Cl.O=C(CSc1nc2ccc([N+](=O)[O-])cc2[nH]1)NCCC12CC3CC(CC(C3)C1)C2. The molecule has 0 unspecified atom stereocenters. The fourth-order valence-electron chi connectivity index (χ4n) is 6.40. The number of carbonyl (C=O) groups excluding carboxylic acids is 1. The molecule has 4 aliphatic carbocycles. The van der Waals surface area contributed by atoms with Gasteiger partial charge in [-0.1, -0.05) is 11.8 Å². The lowest BCUT2D eigenvalue weighted by Crippen LogP contribution is -2.47. The number of benzene rings is 1. The van der Waals surface area contributed by atoms with E-state index in [1.165, 1.54) is 62.4 Å². The van der Waals surface area contributed by atoms with Crippen LogP contribution in [-0.2, 0) is 4.79 Å². The summed E-state index contributed by atoms with van der Waals surface area (Å²) >= 11 is 1.33. The highest BCUT2D eigenvalue weighted by Gasteiger charge is 2.50. The molecule has 162 valence electrons. The molecule has 1 heterocycles. The number of aromatic amines is 1. The van der Waals surface area contributed by atoms with E-state index >= 15 is 0 Å². The van der Waals surface area contributed by atoms with Crippen LogP contribution in [0.5, 0.6) is 0 Å². The normalized spacial score (nSPS) is 29.0. The van der Waals surface area contributed by atoms with Gasteiger partial charge in [0.05, 0.1) is 21.7 Å². The van der Waals surface area contributed by atoms with Gasteiger partial charge in [-0.2, -0.15) is 0 Å². The van der Waals surface area contributed by atoms with E-state index in [0.717, 1.165) is 30.7 Å². The Hall–Kier alpha value is -1.80. The van der Waals surface area contributed by atoms with E-state index in [1.807, 2.05) is 0 Å². The third-order valence-electron chi connectivity index (χ3n) is 7.14. The van der Waals surface area contributed by atoms with Crippen molar-refractivity contribution in [3.63, 3.8) is 0 Å². The number of aromatic nitrogens is 2. The number of nitro groups is 1. The van der Waals surface area contributed by atoms with Crippen LogP contribution in [0.25, 0.3) is 11.0 Å². The molecule has 1 aromatic carbocycles. The fraction of sp³-hybridized carbons (Fsp3) is 0.619. The van der Waals surface area contributed by atoms with Crippen LogP contribution in [0.2, 0.25) is 0 Å². The maximum atomic E-state index is 12.3. The summed E-state index contributed by atoms with van der Waals surface area (Å²) in [6.07, 6.45) is 9.56. The molecular formula is C21H27ClN4O3S. The van der Waals surface area contributed by atoms with Crippen molar-refractivity contribution in [3.05, 3.63) is 28.3 Å². The summed E-state index contributed by atoms with van der Waals surface area (Å²) in [7, 11) is 0. The molecule has 4 saturated carbocycles. The van der Waals surface area contributed by atoms with Crippen LogP contribution in [-0.4, -0.2) is 33.1 Å². The predicted molar refractivity (Wildman–Crippen MR) is 119 cm³/mol. The molecule has 30 heavy (non-hydrogen) atoms. The van der Waals surface area contributed by atoms with Gasteiger partial charge in [0.15, 0.2) is 5.16 Å². The van der Waals surface area contributed by atoms with Crippen molar-refractivity contribution in [1.82, 2.24) is 15.3 Å². The molecule has 9 heteroatoms. The predicted octanol–water partition coefficient (Wildman–Crippen LogP) is 4.71. The van der Waals surface area contributed by atoms with Gasteiger partial charge in [0, 0.05) is 18.7 Å². The third kappa shape index (κ3) is 4.30. The Morgan fingerprint density at radius 3 is 2.53 bits per heavy atom. The Labute approximate surface area is 185 Å². The van der Waals surface area contributed by atoms with Gasteiger partial charge in [-0.05, 0) is 74.2 Å². The smallest absolute Gasteiger partial charge is 0.271 e. The average Bonchev–Trinajstić information content (AvgIpc) is 3.07. The third-order valence-corrected chi connectivity index (χ3v) is 8.01. The molecule has 0 spiro atoms.